The van der Waals surface area contributed by atoms with Gasteiger partial charge in [-0.3, -0.25) is 10.1 Å². The van der Waals surface area contributed by atoms with E-state index in [1.54, 1.807) is 0 Å². The highest BCUT2D eigenvalue weighted by atomic mass is 32.1. The summed E-state index contributed by atoms with van der Waals surface area (Å²) in [6, 6.07) is 1.88. The molecule has 0 bridgehead atoms. The summed E-state index contributed by atoms with van der Waals surface area (Å²) in [5.41, 5.74) is 0.845. The van der Waals surface area contributed by atoms with Gasteiger partial charge in [-0.25, -0.2) is 0 Å². The fourth-order valence-corrected chi connectivity index (χ4v) is 1.88. The Hall–Kier alpha value is -0.900. The Morgan fingerprint density at radius 3 is 2.73 bits per heavy atom. The molecule has 1 aromatic rings. The van der Waals surface area contributed by atoms with Crippen LogP contribution in [0.3, 0.4) is 0 Å². The van der Waals surface area contributed by atoms with Gasteiger partial charge in [0.1, 0.15) is 0 Å². The number of thiophene rings is 1. The van der Waals surface area contributed by atoms with Crippen molar-refractivity contribution in [3.63, 3.8) is 0 Å². The summed E-state index contributed by atoms with van der Waals surface area (Å²) in [7, 11) is 0. The largest absolute Gasteiger partial charge is 0.327 e. The van der Waals surface area contributed by atoms with Crippen molar-refractivity contribution in [3.05, 3.63) is 26.6 Å². The van der Waals surface area contributed by atoms with Crippen LogP contribution in [0.5, 0.6) is 0 Å². The minimum atomic E-state index is -0.309. The van der Waals surface area contributed by atoms with E-state index in [1.165, 1.54) is 11.3 Å². The quantitative estimate of drug-likeness (QED) is 0.507. The molecule has 0 aliphatic carbocycles. The summed E-state index contributed by atoms with van der Waals surface area (Å²) in [5, 5.41) is 10.7. The molecule has 0 saturated heterocycles. The summed E-state index contributed by atoms with van der Waals surface area (Å²) in [6.07, 6.45) is 0.737. The summed E-state index contributed by atoms with van der Waals surface area (Å²) in [4.78, 5) is 11.1. The Morgan fingerprint density at radius 2 is 2.36 bits per heavy atom. The van der Waals surface area contributed by atoms with E-state index < -0.39 is 0 Å². The van der Waals surface area contributed by atoms with Crippen LogP contribution in [0.25, 0.3) is 0 Å². The smallest absolute Gasteiger partial charge is 0.258 e. The zero-order valence-electron chi connectivity index (χ0n) is 6.46. The summed E-state index contributed by atoms with van der Waals surface area (Å²) >= 11 is 1.25. The second-order valence-electron chi connectivity index (χ2n) is 2.30. The van der Waals surface area contributed by atoms with Crippen LogP contribution in [-0.2, 0) is 6.42 Å². The van der Waals surface area contributed by atoms with Crippen molar-refractivity contribution in [2.24, 2.45) is 0 Å². The molecular weight excluding hydrogens is 162 g/mol. The first-order valence-corrected chi connectivity index (χ1v) is 4.20. The Bertz CT molecular complexity index is 280. The molecule has 0 aliphatic rings. The normalized spacial score (nSPS) is 10.0. The van der Waals surface area contributed by atoms with Crippen molar-refractivity contribution in [2.45, 2.75) is 20.3 Å². The van der Waals surface area contributed by atoms with Gasteiger partial charge >= 0.3 is 5.00 Å². The zero-order chi connectivity index (χ0) is 8.43. The second kappa shape index (κ2) is 3.00. The first-order valence-electron chi connectivity index (χ1n) is 3.39. The second-order valence-corrected chi connectivity index (χ2v) is 3.53. The molecule has 0 aromatic carbocycles. The van der Waals surface area contributed by atoms with Crippen molar-refractivity contribution < 1.29 is 4.92 Å². The lowest BCUT2D eigenvalue weighted by atomic mass is 10.2. The standard InChI is InChI=1S/C7H9NO2S/c1-3-6-4-5(2)11-7(6)8(9)10/h4H,3H2,1-2H3. The lowest BCUT2D eigenvalue weighted by Crippen LogP contribution is -1.87. The van der Waals surface area contributed by atoms with Crippen LogP contribution in [0.1, 0.15) is 17.4 Å². The van der Waals surface area contributed by atoms with E-state index in [0.717, 1.165) is 16.9 Å². The molecule has 0 saturated carbocycles. The predicted molar refractivity (Wildman–Crippen MR) is 45.1 cm³/mol. The molecule has 11 heavy (non-hydrogen) atoms. The van der Waals surface area contributed by atoms with E-state index in [1.807, 2.05) is 19.9 Å². The summed E-state index contributed by atoms with van der Waals surface area (Å²) in [5.74, 6) is 0. The van der Waals surface area contributed by atoms with Crippen LogP contribution in [0, 0.1) is 17.0 Å². The lowest BCUT2D eigenvalue weighted by molar-refractivity contribution is -0.380. The van der Waals surface area contributed by atoms with Crippen LogP contribution < -0.4 is 0 Å². The predicted octanol–water partition coefficient (Wildman–Crippen LogP) is 2.53. The molecule has 0 unspecified atom stereocenters. The molecule has 0 atom stereocenters. The maximum Gasteiger partial charge on any atom is 0.327 e. The minimum Gasteiger partial charge on any atom is -0.258 e. The number of hydrogen-bond acceptors (Lipinski definition) is 3. The van der Waals surface area contributed by atoms with Crippen molar-refractivity contribution >= 4 is 16.3 Å². The molecule has 0 fully saturated rings. The van der Waals surface area contributed by atoms with Crippen LogP contribution in [0.15, 0.2) is 6.07 Å². The average molecular weight is 171 g/mol. The molecule has 0 aliphatic heterocycles. The third-order valence-corrected chi connectivity index (χ3v) is 2.50. The van der Waals surface area contributed by atoms with Gasteiger partial charge in [0.25, 0.3) is 0 Å². The van der Waals surface area contributed by atoms with Crippen molar-refractivity contribution in [3.8, 4) is 0 Å². The van der Waals surface area contributed by atoms with Gasteiger partial charge in [-0.2, -0.15) is 0 Å². The highest BCUT2D eigenvalue weighted by molar-refractivity contribution is 7.15. The van der Waals surface area contributed by atoms with Gasteiger partial charge in [-0.05, 0) is 19.4 Å². The maximum atomic E-state index is 10.4. The molecule has 60 valence electrons. The molecular formula is C7H9NO2S. The number of aryl methyl sites for hydroxylation is 2. The van der Waals surface area contributed by atoms with E-state index in [4.69, 9.17) is 0 Å². The SMILES string of the molecule is CCc1cc(C)sc1[N+](=O)[O-]. The van der Waals surface area contributed by atoms with E-state index in [-0.39, 0.29) is 4.92 Å². The molecule has 0 spiro atoms. The van der Waals surface area contributed by atoms with Crippen molar-refractivity contribution in [1.29, 1.82) is 0 Å². The van der Waals surface area contributed by atoms with Gasteiger partial charge in [-0.1, -0.05) is 18.3 Å². The molecule has 3 nitrogen and oxygen atoms in total. The van der Waals surface area contributed by atoms with E-state index in [2.05, 4.69) is 0 Å². The third kappa shape index (κ3) is 1.57. The Balaban J connectivity index is 3.12. The number of nitrogens with zero attached hydrogens (tertiary/aromatic N) is 1. The topological polar surface area (TPSA) is 43.1 Å². The summed E-state index contributed by atoms with van der Waals surface area (Å²) in [6.45, 7) is 3.81. The first-order chi connectivity index (χ1) is 5.15. The number of nitro groups is 1. The zero-order valence-corrected chi connectivity index (χ0v) is 7.27. The van der Waals surface area contributed by atoms with Crippen LogP contribution in [0.2, 0.25) is 0 Å². The van der Waals surface area contributed by atoms with Crippen molar-refractivity contribution in [2.75, 3.05) is 0 Å². The van der Waals surface area contributed by atoms with Crippen molar-refractivity contribution in [1.82, 2.24) is 0 Å². The van der Waals surface area contributed by atoms with Gasteiger partial charge in [0.2, 0.25) is 0 Å². The van der Waals surface area contributed by atoms with E-state index in [0.29, 0.717) is 5.00 Å². The van der Waals surface area contributed by atoms with Gasteiger partial charge in [0, 0.05) is 10.4 Å². The summed E-state index contributed by atoms with van der Waals surface area (Å²) < 4.78 is 0. The van der Waals surface area contributed by atoms with Gasteiger partial charge in [0.15, 0.2) is 0 Å². The molecule has 0 N–H and O–H groups in total. The third-order valence-electron chi connectivity index (χ3n) is 1.46. The van der Waals surface area contributed by atoms with Gasteiger partial charge in [-0.15, -0.1) is 0 Å². The van der Waals surface area contributed by atoms with E-state index >= 15 is 0 Å². The van der Waals surface area contributed by atoms with Gasteiger partial charge < -0.3 is 0 Å². The van der Waals surface area contributed by atoms with Gasteiger partial charge in [0.05, 0.1) is 4.92 Å². The maximum absolute atomic E-state index is 10.4. The Kier molecular flexibility index (Phi) is 2.24. The average Bonchev–Trinajstić information content (AvgIpc) is 2.30. The molecule has 1 heterocycles. The highest BCUT2D eigenvalue weighted by Crippen LogP contribution is 2.29. The molecule has 0 amide bonds. The van der Waals surface area contributed by atoms with E-state index in [9.17, 15) is 10.1 Å². The first kappa shape index (κ1) is 8.20. The van der Waals surface area contributed by atoms with Crippen LogP contribution in [-0.4, -0.2) is 4.92 Å². The molecule has 0 radical (unpaired) electrons. The molecule has 1 aromatic heterocycles. The monoisotopic (exact) mass is 171 g/mol. The lowest BCUT2D eigenvalue weighted by Gasteiger charge is -1.87. The Morgan fingerprint density at radius 1 is 1.73 bits per heavy atom. The van der Waals surface area contributed by atoms with Crippen LogP contribution in [0.4, 0.5) is 5.00 Å². The van der Waals surface area contributed by atoms with Crippen LogP contribution >= 0.6 is 11.3 Å². The minimum absolute atomic E-state index is 0.296. The molecule has 1 rings (SSSR count). The number of hydrogen-bond donors (Lipinski definition) is 0. The molecule has 4 heteroatoms. The highest BCUT2D eigenvalue weighted by Gasteiger charge is 2.15. The Labute approximate surface area is 68.8 Å². The fourth-order valence-electron chi connectivity index (χ4n) is 0.962. The fraction of sp³-hybridized carbons (Fsp3) is 0.429. The number of rotatable bonds is 2.